The van der Waals surface area contributed by atoms with E-state index >= 15 is 0 Å². The van der Waals surface area contributed by atoms with Crippen LogP contribution in [0.2, 0.25) is 0 Å². The Morgan fingerprint density at radius 1 is 1.26 bits per heavy atom. The fourth-order valence-electron chi connectivity index (χ4n) is 1.33. The van der Waals surface area contributed by atoms with Crippen LogP contribution in [0.15, 0.2) is 24.3 Å². The summed E-state index contributed by atoms with van der Waals surface area (Å²) in [6.45, 7) is 0.0383. The molecule has 1 atom stereocenters. The monoisotopic (exact) mass is 270 g/mol. The molecule has 0 bridgehead atoms. The molecule has 0 saturated carbocycles. The fraction of sp³-hybridized carbons (Fsp3) is 0.333. The quantitative estimate of drug-likeness (QED) is 0.603. The molecule has 0 aliphatic heterocycles. The standard InChI is InChI=1S/C12H15FN2O4/c13-9-4-2-1-3-8(9)7-15-12(19)14-6-5-10(16)11(17)18/h1-4,10,16H,5-7H2,(H,17,18)(H2,14,15,19)/t10-/m0/s1. The van der Waals surface area contributed by atoms with Crippen LogP contribution >= 0.6 is 0 Å². The van der Waals surface area contributed by atoms with E-state index in [1.807, 2.05) is 0 Å². The zero-order valence-electron chi connectivity index (χ0n) is 10.1. The zero-order valence-corrected chi connectivity index (χ0v) is 10.1. The summed E-state index contributed by atoms with van der Waals surface area (Å²) in [4.78, 5) is 21.6. The third-order valence-electron chi connectivity index (χ3n) is 2.39. The second kappa shape index (κ2) is 7.32. The van der Waals surface area contributed by atoms with Gasteiger partial charge in [0.2, 0.25) is 0 Å². The smallest absolute Gasteiger partial charge is 0.332 e. The fourth-order valence-corrected chi connectivity index (χ4v) is 1.33. The van der Waals surface area contributed by atoms with Crippen LogP contribution in [0.1, 0.15) is 12.0 Å². The van der Waals surface area contributed by atoms with E-state index in [1.54, 1.807) is 18.2 Å². The number of urea groups is 1. The third-order valence-corrected chi connectivity index (χ3v) is 2.39. The number of halogens is 1. The molecule has 0 fully saturated rings. The maximum Gasteiger partial charge on any atom is 0.332 e. The van der Waals surface area contributed by atoms with E-state index in [4.69, 9.17) is 10.2 Å². The molecule has 6 nitrogen and oxygen atoms in total. The summed E-state index contributed by atoms with van der Waals surface area (Å²) in [7, 11) is 0. The summed E-state index contributed by atoms with van der Waals surface area (Å²) < 4.78 is 13.2. The van der Waals surface area contributed by atoms with E-state index < -0.39 is 23.9 Å². The Labute approximate surface area is 109 Å². The number of carboxylic acids is 1. The number of aliphatic carboxylic acids is 1. The van der Waals surface area contributed by atoms with Crippen molar-refractivity contribution in [2.45, 2.75) is 19.1 Å². The van der Waals surface area contributed by atoms with Crippen molar-refractivity contribution in [3.05, 3.63) is 35.6 Å². The highest BCUT2D eigenvalue weighted by Gasteiger charge is 2.12. The molecule has 1 rings (SSSR count). The average molecular weight is 270 g/mol. The van der Waals surface area contributed by atoms with Crippen molar-refractivity contribution in [3.8, 4) is 0 Å². The number of rotatable bonds is 6. The van der Waals surface area contributed by atoms with Crippen LogP contribution in [0.25, 0.3) is 0 Å². The number of nitrogens with one attached hydrogen (secondary N) is 2. The normalized spacial score (nSPS) is 11.7. The number of carbonyl (C=O) groups is 2. The van der Waals surface area contributed by atoms with E-state index in [-0.39, 0.29) is 19.5 Å². The van der Waals surface area contributed by atoms with Gasteiger partial charge >= 0.3 is 12.0 Å². The van der Waals surface area contributed by atoms with E-state index in [1.165, 1.54) is 6.07 Å². The Morgan fingerprint density at radius 2 is 1.95 bits per heavy atom. The third kappa shape index (κ3) is 5.35. The maximum atomic E-state index is 13.2. The van der Waals surface area contributed by atoms with Gasteiger partial charge in [-0.25, -0.2) is 14.0 Å². The summed E-state index contributed by atoms with van der Waals surface area (Å²) >= 11 is 0. The van der Waals surface area contributed by atoms with Crippen LogP contribution in [0, 0.1) is 5.82 Å². The molecule has 4 N–H and O–H groups in total. The minimum Gasteiger partial charge on any atom is -0.479 e. The highest BCUT2D eigenvalue weighted by Crippen LogP contribution is 2.05. The Morgan fingerprint density at radius 3 is 2.58 bits per heavy atom. The lowest BCUT2D eigenvalue weighted by atomic mass is 10.2. The molecule has 1 aromatic rings. The molecule has 0 aromatic heterocycles. The van der Waals surface area contributed by atoms with E-state index in [9.17, 15) is 14.0 Å². The molecule has 2 amide bonds. The summed E-state index contributed by atoms with van der Waals surface area (Å²) in [6, 6.07) is 5.48. The van der Waals surface area contributed by atoms with Crippen molar-refractivity contribution in [2.24, 2.45) is 0 Å². The summed E-state index contributed by atoms with van der Waals surface area (Å²) in [6.07, 6.45) is -1.60. The van der Waals surface area contributed by atoms with Gasteiger partial charge in [-0.05, 0) is 6.07 Å². The van der Waals surface area contributed by atoms with Crippen molar-refractivity contribution in [1.82, 2.24) is 10.6 Å². The van der Waals surface area contributed by atoms with Crippen LogP contribution < -0.4 is 10.6 Å². The Hall–Kier alpha value is -2.15. The van der Waals surface area contributed by atoms with E-state index in [0.717, 1.165) is 0 Å². The van der Waals surface area contributed by atoms with Crippen molar-refractivity contribution in [1.29, 1.82) is 0 Å². The second-order valence-corrected chi connectivity index (χ2v) is 3.84. The van der Waals surface area contributed by atoms with Gasteiger partial charge in [0.1, 0.15) is 5.82 Å². The number of carboxylic acid groups (broad SMARTS) is 1. The van der Waals surface area contributed by atoms with Crippen LogP contribution in [-0.2, 0) is 11.3 Å². The topological polar surface area (TPSA) is 98.7 Å². The first-order valence-electron chi connectivity index (χ1n) is 5.66. The molecular formula is C12H15FN2O4. The van der Waals surface area contributed by atoms with E-state index in [0.29, 0.717) is 5.56 Å². The molecule has 1 aromatic carbocycles. The molecule has 0 aliphatic carbocycles. The lowest BCUT2D eigenvalue weighted by Crippen LogP contribution is -2.37. The van der Waals surface area contributed by atoms with Gasteiger partial charge in [-0.1, -0.05) is 18.2 Å². The molecule has 0 unspecified atom stereocenters. The molecule has 0 spiro atoms. The highest BCUT2D eigenvalue weighted by atomic mass is 19.1. The molecule has 0 aliphatic rings. The molecule has 0 heterocycles. The number of benzene rings is 1. The SMILES string of the molecule is O=C(NCC[C@H](O)C(=O)O)NCc1ccccc1F. The lowest BCUT2D eigenvalue weighted by molar-refractivity contribution is -0.146. The maximum absolute atomic E-state index is 13.2. The average Bonchev–Trinajstić information content (AvgIpc) is 2.37. The first kappa shape index (κ1) is 14.9. The van der Waals surface area contributed by atoms with Crippen LogP contribution in [0.4, 0.5) is 9.18 Å². The second-order valence-electron chi connectivity index (χ2n) is 3.84. The Bertz CT molecular complexity index is 453. The Kier molecular flexibility index (Phi) is 5.74. The molecule has 7 heteroatoms. The minimum atomic E-state index is -1.51. The number of carbonyl (C=O) groups excluding carboxylic acids is 1. The van der Waals surface area contributed by atoms with Crippen molar-refractivity contribution >= 4 is 12.0 Å². The van der Waals surface area contributed by atoms with Crippen molar-refractivity contribution < 1.29 is 24.2 Å². The van der Waals surface area contributed by atoms with Gasteiger partial charge in [-0.15, -0.1) is 0 Å². The van der Waals surface area contributed by atoms with Crippen LogP contribution in [-0.4, -0.2) is 34.9 Å². The zero-order chi connectivity index (χ0) is 14.3. The minimum absolute atomic E-state index is 0.0105. The van der Waals surface area contributed by atoms with Gasteiger partial charge in [-0.2, -0.15) is 0 Å². The van der Waals surface area contributed by atoms with E-state index in [2.05, 4.69) is 10.6 Å². The van der Waals surface area contributed by atoms with Gasteiger partial charge in [0.25, 0.3) is 0 Å². The van der Waals surface area contributed by atoms with Gasteiger partial charge in [0, 0.05) is 25.1 Å². The summed E-state index contributed by atoms with van der Waals surface area (Å²) in [5, 5.41) is 22.2. The largest absolute Gasteiger partial charge is 0.479 e. The first-order chi connectivity index (χ1) is 9.00. The van der Waals surface area contributed by atoms with Gasteiger partial charge in [0.05, 0.1) is 0 Å². The number of aliphatic hydroxyl groups is 1. The van der Waals surface area contributed by atoms with Crippen molar-refractivity contribution in [2.75, 3.05) is 6.54 Å². The molecule has 104 valence electrons. The molecule has 19 heavy (non-hydrogen) atoms. The number of hydrogen-bond acceptors (Lipinski definition) is 3. The van der Waals surface area contributed by atoms with Gasteiger partial charge < -0.3 is 20.8 Å². The predicted octanol–water partition coefficient (Wildman–Crippen LogP) is 0.460. The molecule has 0 radical (unpaired) electrons. The first-order valence-corrected chi connectivity index (χ1v) is 5.66. The van der Waals surface area contributed by atoms with Crippen molar-refractivity contribution in [3.63, 3.8) is 0 Å². The highest BCUT2D eigenvalue weighted by molar-refractivity contribution is 5.74. The molecule has 0 saturated heterocycles. The van der Waals surface area contributed by atoms with Gasteiger partial charge in [-0.3, -0.25) is 0 Å². The summed E-state index contributed by atoms with van der Waals surface area (Å²) in [5.41, 5.74) is 0.350. The number of aliphatic hydroxyl groups excluding tert-OH is 1. The van der Waals surface area contributed by atoms with Crippen LogP contribution in [0.3, 0.4) is 0 Å². The molecular weight excluding hydrogens is 255 g/mol. The Balaban J connectivity index is 2.25. The van der Waals surface area contributed by atoms with Crippen LogP contribution in [0.5, 0.6) is 0 Å². The summed E-state index contributed by atoms with van der Waals surface area (Å²) in [5.74, 6) is -1.75. The van der Waals surface area contributed by atoms with Gasteiger partial charge in [0.15, 0.2) is 6.10 Å². The lowest BCUT2D eigenvalue weighted by Gasteiger charge is -2.09. The number of amides is 2. The number of hydrogen-bond donors (Lipinski definition) is 4. The predicted molar refractivity (Wildman–Crippen MR) is 64.9 cm³/mol.